The van der Waals surface area contributed by atoms with Gasteiger partial charge in [0.2, 0.25) is 5.91 Å². The maximum Gasteiger partial charge on any atom is 0.341 e. The number of thiophene rings is 1. The number of carbonyl (C=O) groups is 2. The van der Waals surface area contributed by atoms with E-state index in [0.29, 0.717) is 24.0 Å². The van der Waals surface area contributed by atoms with Crippen LogP contribution in [-0.4, -0.2) is 18.5 Å². The zero-order valence-electron chi connectivity index (χ0n) is 15.8. The fourth-order valence-electron chi connectivity index (χ4n) is 5.09. The van der Waals surface area contributed by atoms with Crippen LogP contribution in [0, 0.1) is 23.7 Å². The smallest absolute Gasteiger partial charge is 0.341 e. The van der Waals surface area contributed by atoms with Crippen molar-refractivity contribution in [3.8, 4) is 0 Å². The highest BCUT2D eigenvalue weighted by Gasteiger charge is 2.43. The molecule has 1 aromatic rings. The predicted octanol–water partition coefficient (Wildman–Crippen LogP) is 4.81. The van der Waals surface area contributed by atoms with Gasteiger partial charge >= 0.3 is 5.97 Å². The number of carbonyl (C=O) groups excluding carboxylic acids is 2. The summed E-state index contributed by atoms with van der Waals surface area (Å²) in [5, 5.41) is 3.88. The summed E-state index contributed by atoms with van der Waals surface area (Å²) in [6, 6.07) is 0. The van der Waals surface area contributed by atoms with Crippen LogP contribution in [0.15, 0.2) is 0 Å². The zero-order valence-corrected chi connectivity index (χ0v) is 16.6. The highest BCUT2D eigenvalue weighted by Crippen LogP contribution is 2.49. The Morgan fingerprint density at radius 3 is 2.77 bits per heavy atom. The highest BCUT2D eigenvalue weighted by molar-refractivity contribution is 7.17. The molecule has 0 aliphatic heterocycles. The van der Waals surface area contributed by atoms with Crippen LogP contribution < -0.4 is 5.32 Å². The van der Waals surface area contributed by atoms with Crippen molar-refractivity contribution in [2.75, 3.05) is 11.9 Å². The molecule has 0 radical (unpaired) electrons. The van der Waals surface area contributed by atoms with Crippen molar-refractivity contribution in [1.82, 2.24) is 0 Å². The molecule has 26 heavy (non-hydrogen) atoms. The number of fused-ring (bicyclic) bond motifs is 3. The number of amides is 1. The first-order valence-corrected chi connectivity index (χ1v) is 11.0. The number of hydrogen-bond donors (Lipinski definition) is 1. The quantitative estimate of drug-likeness (QED) is 0.751. The number of hydrogen-bond acceptors (Lipinski definition) is 4. The SMILES string of the molecule is CCCOC(=O)c1c(NC(=O)[C@H]2C[C@H]3CC[C@H]2C3)sc2c1CC[C@H](C)C2. The van der Waals surface area contributed by atoms with Gasteiger partial charge in [0.1, 0.15) is 5.00 Å². The standard InChI is InChI=1S/C21H29NO3S/c1-3-8-25-21(24)18-15-7-4-12(2)9-17(15)26-20(18)22-19(23)16-11-13-5-6-14(16)10-13/h12-14,16H,3-11H2,1-2H3,(H,22,23)/t12-,13-,14-,16-/m0/s1. The van der Waals surface area contributed by atoms with E-state index in [9.17, 15) is 9.59 Å². The molecule has 2 bridgehead atoms. The second-order valence-electron chi connectivity index (χ2n) is 8.46. The van der Waals surface area contributed by atoms with Crippen molar-refractivity contribution >= 4 is 28.2 Å². The Morgan fingerprint density at radius 2 is 2.08 bits per heavy atom. The van der Waals surface area contributed by atoms with Crippen molar-refractivity contribution in [2.45, 2.75) is 65.2 Å². The van der Waals surface area contributed by atoms with E-state index in [-0.39, 0.29) is 17.8 Å². The molecule has 0 aromatic carbocycles. The normalized spacial score (nSPS) is 29.5. The topological polar surface area (TPSA) is 55.4 Å². The molecule has 5 heteroatoms. The van der Waals surface area contributed by atoms with Crippen LogP contribution in [0.25, 0.3) is 0 Å². The van der Waals surface area contributed by atoms with Crippen LogP contribution in [0.3, 0.4) is 0 Å². The number of nitrogens with one attached hydrogen (secondary N) is 1. The van der Waals surface area contributed by atoms with E-state index in [4.69, 9.17) is 4.74 Å². The minimum atomic E-state index is -0.262. The molecule has 0 spiro atoms. The van der Waals surface area contributed by atoms with Crippen LogP contribution in [0.5, 0.6) is 0 Å². The van der Waals surface area contributed by atoms with Gasteiger partial charge in [-0.15, -0.1) is 11.3 Å². The third-order valence-electron chi connectivity index (χ3n) is 6.46. The molecular formula is C21H29NO3S. The molecule has 2 saturated carbocycles. The molecule has 4 rings (SSSR count). The summed E-state index contributed by atoms with van der Waals surface area (Å²) in [7, 11) is 0. The summed E-state index contributed by atoms with van der Waals surface area (Å²) in [6.07, 6.45) is 8.52. The van der Waals surface area contributed by atoms with E-state index in [0.717, 1.165) is 48.6 Å². The fourth-order valence-corrected chi connectivity index (χ4v) is 6.49. The van der Waals surface area contributed by atoms with Crippen LogP contribution in [0.1, 0.15) is 73.2 Å². The van der Waals surface area contributed by atoms with Gasteiger partial charge < -0.3 is 10.1 Å². The molecule has 3 aliphatic rings. The molecule has 142 valence electrons. The van der Waals surface area contributed by atoms with E-state index in [1.165, 1.54) is 24.1 Å². The second-order valence-corrected chi connectivity index (χ2v) is 9.57. The molecule has 4 atom stereocenters. The zero-order chi connectivity index (χ0) is 18.3. The Morgan fingerprint density at radius 1 is 1.23 bits per heavy atom. The lowest BCUT2D eigenvalue weighted by atomic mass is 9.87. The molecule has 0 saturated heterocycles. The third kappa shape index (κ3) is 3.30. The average Bonchev–Trinajstić information content (AvgIpc) is 3.32. The van der Waals surface area contributed by atoms with Crippen molar-refractivity contribution in [2.24, 2.45) is 23.7 Å². The minimum absolute atomic E-state index is 0.119. The van der Waals surface area contributed by atoms with Crippen molar-refractivity contribution in [1.29, 1.82) is 0 Å². The van der Waals surface area contributed by atoms with Crippen LogP contribution in [0.4, 0.5) is 5.00 Å². The monoisotopic (exact) mass is 375 g/mol. The van der Waals surface area contributed by atoms with Gasteiger partial charge in [-0.1, -0.05) is 20.3 Å². The van der Waals surface area contributed by atoms with Gasteiger partial charge in [0.05, 0.1) is 12.2 Å². The lowest BCUT2D eigenvalue weighted by Crippen LogP contribution is -2.27. The Bertz CT molecular complexity index is 710. The van der Waals surface area contributed by atoms with Crippen LogP contribution in [-0.2, 0) is 22.4 Å². The molecule has 1 amide bonds. The van der Waals surface area contributed by atoms with Gasteiger partial charge in [-0.25, -0.2) is 4.79 Å². The van der Waals surface area contributed by atoms with Crippen molar-refractivity contribution < 1.29 is 14.3 Å². The minimum Gasteiger partial charge on any atom is -0.462 e. The van der Waals surface area contributed by atoms with E-state index < -0.39 is 0 Å². The first kappa shape index (κ1) is 18.0. The van der Waals surface area contributed by atoms with Gasteiger partial charge in [-0.05, 0) is 68.3 Å². The molecule has 1 heterocycles. The summed E-state index contributed by atoms with van der Waals surface area (Å²) in [6.45, 7) is 4.68. The number of ether oxygens (including phenoxy) is 1. The summed E-state index contributed by atoms with van der Waals surface area (Å²) < 4.78 is 5.44. The second kappa shape index (κ2) is 7.34. The summed E-state index contributed by atoms with van der Waals surface area (Å²) >= 11 is 1.60. The molecule has 0 unspecified atom stereocenters. The lowest BCUT2D eigenvalue weighted by Gasteiger charge is -2.20. The summed E-state index contributed by atoms with van der Waals surface area (Å²) in [5.41, 5.74) is 1.76. The Labute approximate surface area is 159 Å². The van der Waals surface area contributed by atoms with Gasteiger partial charge in [-0.2, -0.15) is 0 Å². The van der Waals surface area contributed by atoms with E-state index in [1.807, 2.05) is 6.92 Å². The maximum absolute atomic E-state index is 12.9. The first-order valence-electron chi connectivity index (χ1n) is 10.2. The largest absolute Gasteiger partial charge is 0.462 e. The lowest BCUT2D eigenvalue weighted by molar-refractivity contribution is -0.121. The molecule has 1 N–H and O–H groups in total. The highest BCUT2D eigenvalue weighted by atomic mass is 32.1. The van der Waals surface area contributed by atoms with Gasteiger partial charge in [0.25, 0.3) is 0 Å². The van der Waals surface area contributed by atoms with E-state index in [1.54, 1.807) is 11.3 Å². The fraction of sp³-hybridized carbons (Fsp3) is 0.714. The van der Waals surface area contributed by atoms with Crippen LogP contribution in [0.2, 0.25) is 0 Å². The van der Waals surface area contributed by atoms with Gasteiger partial charge in [-0.3, -0.25) is 4.79 Å². The Kier molecular flexibility index (Phi) is 5.09. The molecule has 4 nitrogen and oxygen atoms in total. The Balaban J connectivity index is 1.58. The summed E-state index contributed by atoms with van der Waals surface area (Å²) in [4.78, 5) is 26.9. The number of anilines is 1. The maximum atomic E-state index is 12.9. The molecule has 3 aliphatic carbocycles. The molecule has 2 fully saturated rings. The predicted molar refractivity (Wildman–Crippen MR) is 104 cm³/mol. The van der Waals surface area contributed by atoms with Gasteiger partial charge in [0, 0.05) is 10.8 Å². The van der Waals surface area contributed by atoms with Crippen molar-refractivity contribution in [3.63, 3.8) is 0 Å². The average molecular weight is 376 g/mol. The molecular weight excluding hydrogens is 346 g/mol. The molecule has 1 aromatic heterocycles. The van der Waals surface area contributed by atoms with E-state index in [2.05, 4.69) is 12.2 Å². The number of esters is 1. The van der Waals surface area contributed by atoms with Crippen molar-refractivity contribution in [3.05, 3.63) is 16.0 Å². The third-order valence-corrected chi connectivity index (χ3v) is 7.63. The van der Waals surface area contributed by atoms with Crippen LogP contribution >= 0.6 is 11.3 Å². The van der Waals surface area contributed by atoms with E-state index >= 15 is 0 Å². The Hall–Kier alpha value is -1.36. The first-order chi connectivity index (χ1) is 12.6. The number of rotatable bonds is 5. The summed E-state index contributed by atoms with van der Waals surface area (Å²) in [5.74, 6) is 1.91. The van der Waals surface area contributed by atoms with Gasteiger partial charge in [0.15, 0.2) is 0 Å².